The zero-order valence-electron chi connectivity index (χ0n) is 9.44. The quantitative estimate of drug-likeness (QED) is 0.817. The van der Waals surface area contributed by atoms with Crippen LogP contribution in [-0.4, -0.2) is 17.1 Å². The molecule has 16 heavy (non-hydrogen) atoms. The summed E-state index contributed by atoms with van der Waals surface area (Å²) in [6.07, 6.45) is 6.94. The molecule has 0 aromatic carbocycles. The molecule has 1 aromatic heterocycles. The highest BCUT2D eigenvalue weighted by atomic mass is 16.2. The van der Waals surface area contributed by atoms with Crippen LogP contribution in [0.5, 0.6) is 0 Å². The number of carbonyl (C=O) groups is 1. The number of pyridine rings is 1. The second-order valence-corrected chi connectivity index (χ2v) is 4.25. The summed E-state index contributed by atoms with van der Waals surface area (Å²) in [5.74, 6) is 0. The first kappa shape index (κ1) is 10.9. The molecule has 0 spiro atoms. The molecule has 2 rings (SSSR count). The number of carbonyl (C=O) groups excluding carboxylic acids is 1. The second-order valence-electron chi connectivity index (χ2n) is 4.25. The summed E-state index contributed by atoms with van der Waals surface area (Å²) in [4.78, 5) is 15.6. The van der Waals surface area contributed by atoms with E-state index in [-0.39, 0.29) is 12.1 Å². The minimum absolute atomic E-state index is 0.00576. The lowest BCUT2D eigenvalue weighted by molar-refractivity contribution is 0.225. The first-order valence-electron chi connectivity index (χ1n) is 5.72. The monoisotopic (exact) mass is 219 g/mol. The summed E-state index contributed by atoms with van der Waals surface area (Å²) in [6.45, 7) is 1.96. The van der Waals surface area contributed by atoms with E-state index >= 15 is 0 Å². The van der Waals surface area contributed by atoms with Crippen LogP contribution >= 0.6 is 0 Å². The zero-order valence-corrected chi connectivity index (χ0v) is 9.44. The van der Waals surface area contributed by atoms with Crippen LogP contribution < -0.4 is 10.6 Å². The molecule has 1 aromatic rings. The van der Waals surface area contributed by atoms with Gasteiger partial charge >= 0.3 is 6.03 Å². The third-order valence-corrected chi connectivity index (χ3v) is 2.97. The maximum Gasteiger partial charge on any atom is 0.315 e. The lowest BCUT2D eigenvalue weighted by Gasteiger charge is -2.27. The van der Waals surface area contributed by atoms with E-state index in [9.17, 15) is 4.79 Å². The topological polar surface area (TPSA) is 54.0 Å². The van der Waals surface area contributed by atoms with Crippen molar-refractivity contribution in [2.45, 2.75) is 38.3 Å². The predicted molar refractivity (Wildman–Crippen MR) is 62.0 cm³/mol. The van der Waals surface area contributed by atoms with Crippen LogP contribution in [0.2, 0.25) is 0 Å². The first-order chi connectivity index (χ1) is 7.75. The van der Waals surface area contributed by atoms with Crippen molar-refractivity contribution in [3.05, 3.63) is 30.1 Å². The summed E-state index contributed by atoms with van der Waals surface area (Å²) < 4.78 is 0. The number of nitrogens with zero attached hydrogens (tertiary/aromatic N) is 1. The van der Waals surface area contributed by atoms with Crippen molar-refractivity contribution in [3.63, 3.8) is 0 Å². The number of hydrogen-bond acceptors (Lipinski definition) is 2. The van der Waals surface area contributed by atoms with Crippen LogP contribution in [0.1, 0.15) is 37.8 Å². The van der Waals surface area contributed by atoms with Crippen molar-refractivity contribution in [2.24, 2.45) is 0 Å². The smallest absolute Gasteiger partial charge is 0.315 e. The molecule has 1 heterocycles. The Morgan fingerprint density at radius 1 is 1.56 bits per heavy atom. The van der Waals surface area contributed by atoms with Crippen molar-refractivity contribution in [2.75, 3.05) is 0 Å². The maximum atomic E-state index is 11.6. The molecule has 2 amide bonds. The van der Waals surface area contributed by atoms with Crippen molar-refractivity contribution in [1.29, 1.82) is 0 Å². The van der Waals surface area contributed by atoms with E-state index in [1.165, 1.54) is 6.42 Å². The molecule has 86 valence electrons. The van der Waals surface area contributed by atoms with Crippen LogP contribution in [-0.2, 0) is 0 Å². The first-order valence-corrected chi connectivity index (χ1v) is 5.72. The van der Waals surface area contributed by atoms with Crippen LogP contribution in [0.3, 0.4) is 0 Å². The Kier molecular flexibility index (Phi) is 3.39. The fourth-order valence-corrected chi connectivity index (χ4v) is 1.69. The lowest BCUT2D eigenvalue weighted by atomic mass is 9.93. The molecule has 0 bridgehead atoms. The number of rotatable bonds is 3. The molecule has 0 aliphatic heterocycles. The minimum atomic E-state index is -0.0824. The highest BCUT2D eigenvalue weighted by molar-refractivity contribution is 5.74. The average Bonchev–Trinajstić information content (AvgIpc) is 2.25. The van der Waals surface area contributed by atoms with Gasteiger partial charge in [-0.3, -0.25) is 4.98 Å². The van der Waals surface area contributed by atoms with Crippen molar-refractivity contribution < 1.29 is 4.79 Å². The molecule has 1 aliphatic carbocycles. The standard InChI is InChI=1S/C12H17N3O/c1-9(10-4-3-7-13-8-10)14-12(16)15-11-5-2-6-11/h3-4,7-9,11H,2,5-6H2,1H3,(H2,14,15,16). The highest BCUT2D eigenvalue weighted by Gasteiger charge is 2.20. The van der Waals surface area contributed by atoms with Gasteiger partial charge in [0.2, 0.25) is 0 Å². The maximum absolute atomic E-state index is 11.6. The number of urea groups is 1. The summed E-state index contributed by atoms with van der Waals surface area (Å²) in [5.41, 5.74) is 1.02. The number of amides is 2. The number of aromatic nitrogens is 1. The SMILES string of the molecule is CC(NC(=O)NC1CCC1)c1cccnc1. The zero-order chi connectivity index (χ0) is 11.4. The van der Waals surface area contributed by atoms with Crippen LogP contribution in [0.25, 0.3) is 0 Å². The number of hydrogen-bond donors (Lipinski definition) is 2. The van der Waals surface area contributed by atoms with E-state index < -0.39 is 0 Å². The molecule has 4 heteroatoms. The van der Waals surface area contributed by atoms with E-state index in [2.05, 4.69) is 15.6 Å². The van der Waals surface area contributed by atoms with Gasteiger partial charge in [0, 0.05) is 18.4 Å². The third-order valence-electron chi connectivity index (χ3n) is 2.97. The molecule has 4 nitrogen and oxygen atoms in total. The van der Waals surface area contributed by atoms with Gasteiger partial charge in [0.05, 0.1) is 6.04 Å². The van der Waals surface area contributed by atoms with Gasteiger partial charge in [-0.2, -0.15) is 0 Å². The fraction of sp³-hybridized carbons (Fsp3) is 0.500. The summed E-state index contributed by atoms with van der Waals surface area (Å²) in [6, 6.07) is 4.12. The van der Waals surface area contributed by atoms with Crippen LogP contribution in [0, 0.1) is 0 Å². The molecule has 0 radical (unpaired) electrons. The van der Waals surface area contributed by atoms with Gasteiger partial charge in [-0.25, -0.2) is 4.79 Å². The Morgan fingerprint density at radius 3 is 2.94 bits per heavy atom. The Bertz CT molecular complexity index is 349. The molecular formula is C12H17N3O. The van der Waals surface area contributed by atoms with Gasteiger partial charge in [-0.15, -0.1) is 0 Å². The molecule has 0 saturated heterocycles. The predicted octanol–water partition coefficient (Wildman–Crippen LogP) is 1.99. The van der Waals surface area contributed by atoms with Crippen molar-refractivity contribution in [3.8, 4) is 0 Å². The number of nitrogens with one attached hydrogen (secondary N) is 2. The van der Waals surface area contributed by atoms with Crippen molar-refractivity contribution in [1.82, 2.24) is 15.6 Å². The van der Waals surface area contributed by atoms with Gasteiger partial charge in [-0.1, -0.05) is 6.07 Å². The van der Waals surface area contributed by atoms with E-state index in [0.29, 0.717) is 6.04 Å². The van der Waals surface area contributed by atoms with Gasteiger partial charge in [-0.05, 0) is 37.8 Å². The third kappa shape index (κ3) is 2.72. The van der Waals surface area contributed by atoms with E-state index in [4.69, 9.17) is 0 Å². The Morgan fingerprint density at radius 2 is 2.38 bits per heavy atom. The Labute approximate surface area is 95.5 Å². The van der Waals surface area contributed by atoms with Crippen LogP contribution in [0.4, 0.5) is 4.79 Å². The summed E-state index contributed by atoms with van der Waals surface area (Å²) >= 11 is 0. The Balaban J connectivity index is 1.82. The normalized spacial score (nSPS) is 17.3. The van der Waals surface area contributed by atoms with E-state index in [1.54, 1.807) is 12.4 Å². The lowest BCUT2D eigenvalue weighted by Crippen LogP contribution is -2.45. The second kappa shape index (κ2) is 4.96. The minimum Gasteiger partial charge on any atom is -0.335 e. The molecule has 1 aliphatic rings. The average molecular weight is 219 g/mol. The summed E-state index contributed by atoms with van der Waals surface area (Å²) in [7, 11) is 0. The van der Waals surface area contributed by atoms with Crippen molar-refractivity contribution >= 4 is 6.03 Å². The van der Waals surface area contributed by atoms with Gasteiger partial charge in [0.1, 0.15) is 0 Å². The molecule has 1 unspecified atom stereocenters. The fourth-order valence-electron chi connectivity index (χ4n) is 1.69. The molecule has 1 saturated carbocycles. The van der Waals surface area contributed by atoms with Crippen LogP contribution in [0.15, 0.2) is 24.5 Å². The molecule has 1 atom stereocenters. The van der Waals surface area contributed by atoms with E-state index in [1.807, 2.05) is 19.1 Å². The summed E-state index contributed by atoms with van der Waals surface area (Å²) in [5, 5.41) is 5.85. The Hall–Kier alpha value is -1.58. The molecule has 1 fully saturated rings. The highest BCUT2D eigenvalue weighted by Crippen LogP contribution is 2.18. The molecule has 2 N–H and O–H groups in total. The van der Waals surface area contributed by atoms with Gasteiger partial charge in [0.15, 0.2) is 0 Å². The van der Waals surface area contributed by atoms with Gasteiger partial charge < -0.3 is 10.6 Å². The van der Waals surface area contributed by atoms with Gasteiger partial charge in [0.25, 0.3) is 0 Å². The molecular weight excluding hydrogens is 202 g/mol. The largest absolute Gasteiger partial charge is 0.335 e. The van der Waals surface area contributed by atoms with E-state index in [0.717, 1.165) is 18.4 Å².